The van der Waals surface area contributed by atoms with Gasteiger partial charge in [-0.1, -0.05) is 33.8 Å². The summed E-state index contributed by atoms with van der Waals surface area (Å²) >= 11 is 0. The summed E-state index contributed by atoms with van der Waals surface area (Å²) in [7, 11) is 0. The number of rotatable bonds is 3. The molecular weight excluding hydrogens is 192 g/mol. The van der Waals surface area contributed by atoms with Crippen LogP contribution in [-0.4, -0.2) is 17.9 Å². The van der Waals surface area contributed by atoms with E-state index in [1.807, 2.05) is 27.7 Å². The highest BCUT2D eigenvalue weighted by Gasteiger charge is 2.51. The number of esters is 1. The molecule has 2 atom stereocenters. The molecule has 15 heavy (non-hydrogen) atoms. The van der Waals surface area contributed by atoms with Gasteiger partial charge in [-0.3, -0.25) is 0 Å². The highest BCUT2D eigenvalue weighted by molar-refractivity contribution is 5.81. The largest absolute Gasteiger partial charge is 0.433 e. The molecule has 3 nitrogen and oxygen atoms in total. The fourth-order valence-corrected chi connectivity index (χ4v) is 1.57. The zero-order valence-electron chi connectivity index (χ0n) is 10.0. The van der Waals surface area contributed by atoms with Gasteiger partial charge < -0.3 is 9.47 Å². The van der Waals surface area contributed by atoms with Crippen molar-refractivity contribution in [2.24, 2.45) is 5.41 Å². The molecule has 86 valence electrons. The fourth-order valence-electron chi connectivity index (χ4n) is 1.57. The zero-order chi connectivity index (χ0) is 11.7. The van der Waals surface area contributed by atoms with Crippen molar-refractivity contribution >= 4 is 5.97 Å². The van der Waals surface area contributed by atoms with Crippen LogP contribution in [0.2, 0.25) is 0 Å². The van der Waals surface area contributed by atoms with Crippen LogP contribution in [0, 0.1) is 5.41 Å². The number of cyclic esters (lactones) is 1. The van der Waals surface area contributed by atoms with E-state index in [2.05, 4.69) is 6.58 Å². The average molecular weight is 212 g/mol. The SMILES string of the molecule is C=CC[C@@]1(CC)O[C@H](C(C)(C)C)OC1=O. The van der Waals surface area contributed by atoms with Crippen molar-refractivity contribution in [1.29, 1.82) is 0 Å². The summed E-state index contributed by atoms with van der Waals surface area (Å²) in [6, 6.07) is 0. The van der Waals surface area contributed by atoms with E-state index < -0.39 is 11.9 Å². The Kier molecular flexibility index (Phi) is 3.24. The van der Waals surface area contributed by atoms with Gasteiger partial charge in [-0.25, -0.2) is 4.79 Å². The van der Waals surface area contributed by atoms with E-state index in [0.717, 1.165) is 0 Å². The van der Waals surface area contributed by atoms with Crippen LogP contribution in [0.3, 0.4) is 0 Å². The molecule has 0 aromatic carbocycles. The van der Waals surface area contributed by atoms with E-state index in [9.17, 15) is 4.79 Å². The van der Waals surface area contributed by atoms with E-state index in [1.165, 1.54) is 0 Å². The first-order chi connectivity index (χ1) is 6.85. The Labute approximate surface area is 91.4 Å². The van der Waals surface area contributed by atoms with Crippen molar-refractivity contribution in [3.05, 3.63) is 12.7 Å². The molecule has 0 aromatic rings. The summed E-state index contributed by atoms with van der Waals surface area (Å²) in [4.78, 5) is 11.8. The van der Waals surface area contributed by atoms with Crippen molar-refractivity contribution in [2.45, 2.75) is 52.4 Å². The van der Waals surface area contributed by atoms with Crippen molar-refractivity contribution in [2.75, 3.05) is 0 Å². The van der Waals surface area contributed by atoms with E-state index in [0.29, 0.717) is 12.8 Å². The van der Waals surface area contributed by atoms with Crippen molar-refractivity contribution in [1.82, 2.24) is 0 Å². The maximum Gasteiger partial charge on any atom is 0.341 e. The summed E-state index contributed by atoms with van der Waals surface area (Å²) in [5, 5.41) is 0. The number of ether oxygens (including phenoxy) is 2. The van der Waals surface area contributed by atoms with Gasteiger partial charge in [0, 0.05) is 11.8 Å². The van der Waals surface area contributed by atoms with Crippen LogP contribution in [0.5, 0.6) is 0 Å². The van der Waals surface area contributed by atoms with E-state index in [4.69, 9.17) is 9.47 Å². The first-order valence-electron chi connectivity index (χ1n) is 5.35. The van der Waals surface area contributed by atoms with Gasteiger partial charge in [0.2, 0.25) is 6.29 Å². The second-order valence-electron chi connectivity index (χ2n) is 5.06. The van der Waals surface area contributed by atoms with Gasteiger partial charge in [-0.05, 0) is 6.42 Å². The Morgan fingerprint density at radius 2 is 2.13 bits per heavy atom. The standard InChI is InChI=1S/C12H20O3/c1-6-8-12(7-2)9(13)14-10(15-12)11(3,4)5/h6,10H,1,7-8H2,2-5H3/t10-,12-/m1/s1. The van der Waals surface area contributed by atoms with Crippen LogP contribution in [0.25, 0.3) is 0 Å². The topological polar surface area (TPSA) is 35.5 Å². The Hall–Kier alpha value is -0.830. The summed E-state index contributed by atoms with van der Waals surface area (Å²) in [6.45, 7) is 11.5. The van der Waals surface area contributed by atoms with Crippen LogP contribution in [0.4, 0.5) is 0 Å². The predicted octanol–water partition coefficient (Wildman–Crippen LogP) is 2.66. The lowest BCUT2D eigenvalue weighted by Crippen LogP contribution is -2.36. The molecular formula is C12H20O3. The van der Waals surface area contributed by atoms with Crippen LogP contribution >= 0.6 is 0 Å². The second-order valence-corrected chi connectivity index (χ2v) is 5.06. The first kappa shape index (κ1) is 12.2. The van der Waals surface area contributed by atoms with Gasteiger partial charge in [0.15, 0.2) is 5.60 Å². The molecule has 1 fully saturated rings. The minimum absolute atomic E-state index is 0.187. The van der Waals surface area contributed by atoms with Crippen molar-refractivity contribution < 1.29 is 14.3 Å². The van der Waals surface area contributed by atoms with Gasteiger partial charge in [0.1, 0.15) is 0 Å². The third-order valence-corrected chi connectivity index (χ3v) is 2.67. The minimum Gasteiger partial charge on any atom is -0.433 e. The van der Waals surface area contributed by atoms with E-state index >= 15 is 0 Å². The molecule has 0 radical (unpaired) electrons. The zero-order valence-corrected chi connectivity index (χ0v) is 10.0. The van der Waals surface area contributed by atoms with Crippen molar-refractivity contribution in [3.8, 4) is 0 Å². The van der Waals surface area contributed by atoms with E-state index in [1.54, 1.807) is 6.08 Å². The Bertz CT molecular complexity index is 265. The molecule has 1 heterocycles. The first-order valence-corrected chi connectivity index (χ1v) is 5.35. The highest BCUT2D eigenvalue weighted by atomic mass is 16.8. The van der Waals surface area contributed by atoms with Gasteiger partial charge in [-0.2, -0.15) is 0 Å². The molecule has 0 spiro atoms. The molecule has 1 aliphatic heterocycles. The molecule has 0 N–H and O–H groups in total. The highest BCUT2D eigenvalue weighted by Crippen LogP contribution is 2.38. The lowest BCUT2D eigenvalue weighted by Gasteiger charge is -2.27. The molecule has 0 amide bonds. The molecule has 0 aliphatic carbocycles. The lowest BCUT2D eigenvalue weighted by molar-refractivity contribution is -0.156. The van der Waals surface area contributed by atoms with Gasteiger partial charge in [-0.15, -0.1) is 6.58 Å². The Morgan fingerprint density at radius 3 is 2.47 bits per heavy atom. The monoisotopic (exact) mass is 212 g/mol. The molecule has 1 aliphatic rings. The third-order valence-electron chi connectivity index (χ3n) is 2.67. The maximum atomic E-state index is 11.8. The minimum atomic E-state index is -0.806. The Balaban J connectivity index is 2.86. The molecule has 0 aromatic heterocycles. The summed E-state index contributed by atoms with van der Waals surface area (Å²) in [5.74, 6) is -0.259. The number of hydrogen-bond acceptors (Lipinski definition) is 3. The third kappa shape index (κ3) is 2.23. The molecule has 0 unspecified atom stereocenters. The van der Waals surface area contributed by atoms with E-state index in [-0.39, 0.29) is 11.4 Å². The van der Waals surface area contributed by atoms with Crippen LogP contribution < -0.4 is 0 Å². The van der Waals surface area contributed by atoms with Crippen LogP contribution in [0.15, 0.2) is 12.7 Å². The summed E-state index contributed by atoms with van der Waals surface area (Å²) in [6.07, 6.45) is 2.37. The Morgan fingerprint density at radius 1 is 1.53 bits per heavy atom. The predicted molar refractivity (Wildman–Crippen MR) is 58.3 cm³/mol. The summed E-state index contributed by atoms with van der Waals surface area (Å²) in [5.41, 5.74) is -0.993. The van der Waals surface area contributed by atoms with Gasteiger partial charge >= 0.3 is 5.97 Å². The molecule has 3 heteroatoms. The molecule has 0 bridgehead atoms. The normalized spacial score (nSPS) is 31.5. The maximum absolute atomic E-state index is 11.8. The quantitative estimate of drug-likeness (QED) is 0.533. The number of carbonyl (C=O) groups excluding carboxylic acids is 1. The fraction of sp³-hybridized carbons (Fsp3) is 0.750. The number of carbonyl (C=O) groups is 1. The van der Waals surface area contributed by atoms with Crippen LogP contribution in [0.1, 0.15) is 40.5 Å². The second kappa shape index (κ2) is 3.97. The number of hydrogen-bond donors (Lipinski definition) is 0. The molecule has 0 saturated carbocycles. The van der Waals surface area contributed by atoms with Gasteiger partial charge in [0.05, 0.1) is 0 Å². The average Bonchev–Trinajstić information content (AvgIpc) is 2.45. The smallest absolute Gasteiger partial charge is 0.341 e. The van der Waals surface area contributed by atoms with Gasteiger partial charge in [0.25, 0.3) is 0 Å². The van der Waals surface area contributed by atoms with Crippen molar-refractivity contribution in [3.63, 3.8) is 0 Å². The molecule has 1 rings (SSSR count). The lowest BCUT2D eigenvalue weighted by atomic mass is 9.95. The molecule has 1 saturated heterocycles. The van der Waals surface area contributed by atoms with Crippen LogP contribution in [-0.2, 0) is 14.3 Å². The summed E-state index contributed by atoms with van der Waals surface area (Å²) < 4.78 is 11.0.